The summed E-state index contributed by atoms with van der Waals surface area (Å²) in [6.07, 6.45) is -1.59. The van der Waals surface area contributed by atoms with E-state index in [0.717, 1.165) is 12.1 Å². The first-order valence-corrected chi connectivity index (χ1v) is 7.11. The minimum atomic E-state index is -4.60. The normalized spacial score (nSPS) is 11.5. The first-order chi connectivity index (χ1) is 11.3. The van der Waals surface area contributed by atoms with Crippen LogP contribution < -0.4 is 5.32 Å². The van der Waals surface area contributed by atoms with Gasteiger partial charge in [-0.2, -0.15) is 13.2 Å². The van der Waals surface area contributed by atoms with Gasteiger partial charge >= 0.3 is 6.18 Å². The smallest absolute Gasteiger partial charge is 0.322 e. The molecule has 122 valence electrons. The lowest BCUT2D eigenvalue weighted by molar-refractivity contribution is -0.137. The van der Waals surface area contributed by atoms with Crippen molar-refractivity contribution in [3.8, 4) is 0 Å². The summed E-state index contributed by atoms with van der Waals surface area (Å²) < 4.78 is 38.6. The number of halogens is 4. The molecule has 1 N–H and O–H groups in total. The highest BCUT2D eigenvalue weighted by Gasteiger charge is 2.33. The molecule has 3 aromatic rings. The van der Waals surface area contributed by atoms with Gasteiger partial charge in [0.2, 0.25) is 0 Å². The fourth-order valence-corrected chi connectivity index (χ4v) is 2.35. The standard InChI is InChI=1S/C16H9ClF3N3O/c17-12-3-2-10(8-11(12)16(18,19)20)23-15(24)9-1-4-13-14(7-9)22-6-5-21-13/h1-8H,(H,23,24). The Morgan fingerprint density at radius 1 is 1.00 bits per heavy atom. The molecule has 1 amide bonds. The Morgan fingerprint density at radius 3 is 2.42 bits per heavy atom. The van der Waals surface area contributed by atoms with Gasteiger partial charge in [-0.3, -0.25) is 14.8 Å². The van der Waals surface area contributed by atoms with Crippen molar-refractivity contribution in [3.05, 3.63) is 64.9 Å². The van der Waals surface area contributed by atoms with Crippen molar-refractivity contribution in [3.63, 3.8) is 0 Å². The predicted molar refractivity (Wildman–Crippen MR) is 83.9 cm³/mol. The van der Waals surface area contributed by atoms with Gasteiger partial charge in [-0.25, -0.2) is 0 Å². The first kappa shape index (κ1) is 16.2. The van der Waals surface area contributed by atoms with Crippen LogP contribution in [0.4, 0.5) is 18.9 Å². The van der Waals surface area contributed by atoms with Crippen LogP contribution in [0.5, 0.6) is 0 Å². The van der Waals surface area contributed by atoms with Crippen LogP contribution in [0.2, 0.25) is 5.02 Å². The number of nitrogens with one attached hydrogen (secondary N) is 1. The summed E-state index contributed by atoms with van der Waals surface area (Å²) in [4.78, 5) is 20.4. The maximum absolute atomic E-state index is 12.9. The summed E-state index contributed by atoms with van der Waals surface area (Å²) in [6, 6.07) is 7.83. The second kappa shape index (κ2) is 6.09. The number of alkyl halides is 3. The third-order valence-electron chi connectivity index (χ3n) is 3.26. The Balaban J connectivity index is 1.88. The molecule has 0 saturated carbocycles. The van der Waals surface area contributed by atoms with E-state index in [2.05, 4.69) is 15.3 Å². The topological polar surface area (TPSA) is 54.9 Å². The molecule has 0 bridgehead atoms. The third-order valence-corrected chi connectivity index (χ3v) is 3.59. The minimum Gasteiger partial charge on any atom is -0.322 e. The Morgan fingerprint density at radius 2 is 1.71 bits per heavy atom. The van der Waals surface area contributed by atoms with Gasteiger partial charge in [-0.1, -0.05) is 11.6 Å². The fraction of sp³-hybridized carbons (Fsp3) is 0.0625. The minimum absolute atomic E-state index is 0.00373. The molecule has 24 heavy (non-hydrogen) atoms. The lowest BCUT2D eigenvalue weighted by Gasteiger charge is -2.12. The van der Waals surface area contributed by atoms with Crippen molar-refractivity contribution in [1.29, 1.82) is 0 Å². The number of amides is 1. The summed E-state index contributed by atoms with van der Waals surface area (Å²) in [6.45, 7) is 0. The highest BCUT2D eigenvalue weighted by atomic mass is 35.5. The molecule has 3 rings (SSSR count). The Bertz CT molecular complexity index is 928. The summed E-state index contributed by atoms with van der Waals surface area (Å²) in [5.74, 6) is -0.557. The third kappa shape index (κ3) is 3.30. The largest absolute Gasteiger partial charge is 0.417 e. The molecule has 0 fully saturated rings. The van der Waals surface area contributed by atoms with Crippen molar-refractivity contribution < 1.29 is 18.0 Å². The van der Waals surface area contributed by atoms with Crippen molar-refractivity contribution in [1.82, 2.24) is 9.97 Å². The van der Waals surface area contributed by atoms with Crippen LogP contribution >= 0.6 is 11.6 Å². The monoisotopic (exact) mass is 351 g/mol. The first-order valence-electron chi connectivity index (χ1n) is 6.73. The van der Waals surface area contributed by atoms with Crippen LogP contribution in [0.15, 0.2) is 48.8 Å². The lowest BCUT2D eigenvalue weighted by atomic mass is 10.1. The molecule has 1 heterocycles. The zero-order valence-electron chi connectivity index (χ0n) is 11.9. The van der Waals surface area contributed by atoms with Gasteiger partial charge in [0, 0.05) is 23.6 Å². The number of aromatic nitrogens is 2. The van der Waals surface area contributed by atoms with Crippen LogP contribution in [0.3, 0.4) is 0 Å². The van der Waals surface area contributed by atoms with Crippen molar-refractivity contribution in [2.24, 2.45) is 0 Å². The number of nitrogens with zero attached hydrogens (tertiary/aromatic N) is 2. The maximum atomic E-state index is 12.9. The van der Waals surface area contributed by atoms with E-state index >= 15 is 0 Å². The summed E-state index contributed by atoms with van der Waals surface area (Å²) in [5.41, 5.74) is 0.367. The molecular weight excluding hydrogens is 343 g/mol. The quantitative estimate of drug-likeness (QED) is 0.736. The van der Waals surface area contributed by atoms with E-state index < -0.39 is 22.7 Å². The van der Waals surface area contributed by atoms with Crippen LogP contribution in [-0.4, -0.2) is 15.9 Å². The van der Waals surface area contributed by atoms with Crippen molar-refractivity contribution >= 4 is 34.2 Å². The SMILES string of the molecule is O=C(Nc1ccc(Cl)c(C(F)(F)F)c1)c1ccc2nccnc2c1. The van der Waals surface area contributed by atoms with Gasteiger partial charge in [-0.15, -0.1) is 0 Å². The molecule has 8 heteroatoms. The number of benzene rings is 2. The second-order valence-corrected chi connectivity index (χ2v) is 5.31. The number of carbonyl (C=O) groups excluding carboxylic acids is 1. The molecular formula is C16H9ClF3N3O. The van der Waals surface area contributed by atoms with Crippen molar-refractivity contribution in [2.45, 2.75) is 6.18 Å². The summed E-state index contributed by atoms with van der Waals surface area (Å²) in [7, 11) is 0. The number of hydrogen-bond donors (Lipinski definition) is 1. The average Bonchev–Trinajstić information content (AvgIpc) is 2.55. The maximum Gasteiger partial charge on any atom is 0.417 e. The van der Waals surface area contributed by atoms with Crippen LogP contribution in [0.1, 0.15) is 15.9 Å². The van der Waals surface area contributed by atoms with Gasteiger partial charge in [0.1, 0.15) is 0 Å². The zero-order valence-corrected chi connectivity index (χ0v) is 12.7. The van der Waals surface area contributed by atoms with Crippen LogP contribution in [0, 0.1) is 0 Å². The van der Waals surface area contributed by atoms with Gasteiger partial charge in [0.25, 0.3) is 5.91 Å². The van der Waals surface area contributed by atoms with E-state index in [1.807, 2.05) is 0 Å². The van der Waals surface area contributed by atoms with E-state index in [9.17, 15) is 18.0 Å². The highest BCUT2D eigenvalue weighted by Crippen LogP contribution is 2.36. The molecule has 1 aromatic heterocycles. The molecule has 0 spiro atoms. The Kier molecular flexibility index (Phi) is 4.11. The molecule has 0 unspecified atom stereocenters. The number of hydrogen-bond acceptors (Lipinski definition) is 3. The number of anilines is 1. The predicted octanol–water partition coefficient (Wildman–Crippen LogP) is 4.55. The summed E-state index contributed by atoms with van der Waals surface area (Å²) >= 11 is 5.55. The van der Waals surface area contributed by atoms with E-state index in [1.165, 1.54) is 30.6 Å². The average molecular weight is 352 g/mol. The molecule has 0 aliphatic heterocycles. The molecule has 4 nitrogen and oxygen atoms in total. The van der Waals surface area contributed by atoms with Crippen LogP contribution in [0.25, 0.3) is 11.0 Å². The van der Waals surface area contributed by atoms with E-state index in [0.29, 0.717) is 11.0 Å². The molecule has 0 radical (unpaired) electrons. The highest BCUT2D eigenvalue weighted by molar-refractivity contribution is 6.31. The fourth-order valence-electron chi connectivity index (χ4n) is 2.13. The molecule has 0 saturated heterocycles. The number of rotatable bonds is 2. The molecule has 0 aliphatic rings. The zero-order chi connectivity index (χ0) is 17.3. The number of carbonyl (C=O) groups is 1. The lowest BCUT2D eigenvalue weighted by Crippen LogP contribution is -2.13. The van der Waals surface area contributed by atoms with Crippen LogP contribution in [-0.2, 0) is 6.18 Å². The Labute approximate surface area is 139 Å². The number of fused-ring (bicyclic) bond motifs is 1. The molecule has 0 aliphatic carbocycles. The van der Waals surface area contributed by atoms with Gasteiger partial charge in [-0.05, 0) is 36.4 Å². The van der Waals surface area contributed by atoms with E-state index in [4.69, 9.17) is 11.6 Å². The molecule has 2 aromatic carbocycles. The molecule has 0 atom stereocenters. The summed E-state index contributed by atoms with van der Waals surface area (Å²) in [5, 5.41) is 1.99. The van der Waals surface area contributed by atoms with Crippen molar-refractivity contribution in [2.75, 3.05) is 5.32 Å². The van der Waals surface area contributed by atoms with E-state index in [-0.39, 0.29) is 11.3 Å². The van der Waals surface area contributed by atoms with Gasteiger partial charge in [0.15, 0.2) is 0 Å². The Hall–Kier alpha value is -2.67. The van der Waals surface area contributed by atoms with E-state index in [1.54, 1.807) is 6.07 Å². The second-order valence-electron chi connectivity index (χ2n) is 4.91. The van der Waals surface area contributed by atoms with Gasteiger partial charge < -0.3 is 5.32 Å². The van der Waals surface area contributed by atoms with Gasteiger partial charge in [0.05, 0.1) is 21.6 Å².